The molecule has 3 aromatic carbocycles. The number of aryl methyl sites for hydroxylation is 2. The van der Waals surface area contributed by atoms with Crippen molar-refractivity contribution in [2.45, 2.75) is 20.4 Å². The van der Waals surface area contributed by atoms with Gasteiger partial charge in [0.1, 0.15) is 0 Å². The zero-order valence-electron chi connectivity index (χ0n) is 17.6. The van der Waals surface area contributed by atoms with Crippen molar-refractivity contribution in [1.29, 1.82) is 0 Å². The van der Waals surface area contributed by atoms with Gasteiger partial charge in [0.25, 0.3) is 0 Å². The van der Waals surface area contributed by atoms with Crippen LogP contribution >= 0.6 is 0 Å². The van der Waals surface area contributed by atoms with Crippen LogP contribution in [0.15, 0.2) is 90.0 Å². The molecule has 3 aromatic rings. The minimum Gasteiger partial charge on any atom is -0.290 e. The monoisotopic (exact) mass is 393 g/mol. The number of hydrogen-bond acceptors (Lipinski definition) is 2. The number of rotatable bonds is 4. The molecule has 150 valence electrons. The van der Waals surface area contributed by atoms with Crippen molar-refractivity contribution in [3.05, 3.63) is 118 Å². The number of nitrogens with zero attached hydrogens (tertiary/aromatic N) is 1. The van der Waals surface area contributed by atoms with Crippen LogP contribution in [0.5, 0.6) is 0 Å². The molecule has 0 unspecified atom stereocenters. The van der Waals surface area contributed by atoms with Gasteiger partial charge >= 0.3 is 0 Å². The van der Waals surface area contributed by atoms with Crippen LogP contribution < -0.4 is 0 Å². The van der Waals surface area contributed by atoms with Crippen LogP contribution in [0.1, 0.15) is 27.8 Å². The van der Waals surface area contributed by atoms with Crippen LogP contribution in [0.3, 0.4) is 0 Å². The Morgan fingerprint density at radius 1 is 0.700 bits per heavy atom. The van der Waals surface area contributed by atoms with Crippen LogP contribution in [0.2, 0.25) is 0 Å². The summed E-state index contributed by atoms with van der Waals surface area (Å²) < 4.78 is 0. The molecular weight excluding hydrogens is 366 g/mol. The first-order chi connectivity index (χ1) is 14.6. The van der Waals surface area contributed by atoms with Crippen molar-refractivity contribution in [2.75, 3.05) is 13.1 Å². The van der Waals surface area contributed by atoms with Crippen LogP contribution in [0.25, 0.3) is 12.2 Å². The number of carbonyl (C=O) groups excluding carboxylic acids is 1. The summed E-state index contributed by atoms with van der Waals surface area (Å²) in [6, 6.07) is 26.9. The van der Waals surface area contributed by atoms with Crippen LogP contribution in [-0.4, -0.2) is 23.8 Å². The number of carbonyl (C=O) groups is 1. The summed E-state index contributed by atoms with van der Waals surface area (Å²) in [4.78, 5) is 15.7. The molecule has 1 aliphatic heterocycles. The SMILES string of the molecule is Cc1ccccc1C=C1CN(Cc2ccccc2)CC(=Cc2ccccc2C)C1=O. The third kappa shape index (κ3) is 4.67. The Labute approximate surface area is 179 Å². The molecule has 0 bridgehead atoms. The van der Waals surface area contributed by atoms with Gasteiger partial charge in [0.05, 0.1) is 0 Å². The number of piperidine rings is 1. The van der Waals surface area contributed by atoms with Crippen molar-refractivity contribution < 1.29 is 4.79 Å². The lowest BCUT2D eigenvalue weighted by Gasteiger charge is -2.30. The van der Waals surface area contributed by atoms with Crippen molar-refractivity contribution in [1.82, 2.24) is 4.90 Å². The molecule has 0 atom stereocenters. The summed E-state index contributed by atoms with van der Waals surface area (Å²) in [6.45, 7) is 6.32. The third-order valence-corrected chi connectivity index (χ3v) is 5.66. The van der Waals surface area contributed by atoms with Gasteiger partial charge in [-0.15, -0.1) is 0 Å². The smallest absolute Gasteiger partial charge is 0.187 e. The highest BCUT2D eigenvalue weighted by Crippen LogP contribution is 2.25. The number of likely N-dealkylation sites (tertiary alicyclic amines) is 1. The van der Waals surface area contributed by atoms with E-state index in [0.717, 1.165) is 28.8 Å². The fourth-order valence-corrected chi connectivity index (χ4v) is 3.94. The van der Waals surface area contributed by atoms with Crippen LogP contribution in [0, 0.1) is 13.8 Å². The van der Waals surface area contributed by atoms with Crippen LogP contribution in [0.4, 0.5) is 0 Å². The lowest BCUT2D eigenvalue weighted by molar-refractivity contribution is -0.113. The summed E-state index contributed by atoms with van der Waals surface area (Å²) in [7, 11) is 0. The van der Waals surface area contributed by atoms with E-state index in [1.807, 2.05) is 30.3 Å². The summed E-state index contributed by atoms with van der Waals surface area (Å²) in [6.07, 6.45) is 4.14. The lowest BCUT2D eigenvalue weighted by atomic mass is 9.92. The highest BCUT2D eigenvalue weighted by atomic mass is 16.1. The standard InChI is InChI=1S/C28H27NO/c1-21-10-6-8-14-24(21)16-26-19-29(18-23-12-4-3-5-13-23)20-27(28(26)30)17-25-15-9-7-11-22(25)2/h3-17H,18-20H2,1-2H3. The first-order valence-corrected chi connectivity index (χ1v) is 10.4. The average molecular weight is 394 g/mol. The molecule has 0 N–H and O–H groups in total. The predicted molar refractivity (Wildman–Crippen MR) is 125 cm³/mol. The fraction of sp³-hybridized carbons (Fsp3) is 0.179. The highest BCUT2D eigenvalue weighted by molar-refractivity contribution is 6.14. The highest BCUT2D eigenvalue weighted by Gasteiger charge is 2.26. The van der Waals surface area contributed by atoms with Gasteiger partial charge < -0.3 is 0 Å². The molecule has 0 amide bonds. The van der Waals surface area contributed by atoms with E-state index < -0.39 is 0 Å². The Kier molecular flexibility index (Phi) is 6.06. The van der Waals surface area contributed by atoms with Gasteiger partial charge in [-0.1, -0.05) is 78.9 Å². The van der Waals surface area contributed by atoms with E-state index in [4.69, 9.17) is 0 Å². The third-order valence-electron chi connectivity index (χ3n) is 5.66. The van der Waals surface area contributed by atoms with Gasteiger partial charge in [-0.3, -0.25) is 9.69 Å². The van der Waals surface area contributed by atoms with Gasteiger partial charge in [-0.2, -0.15) is 0 Å². The Balaban J connectivity index is 1.71. The first kappa shape index (κ1) is 20.1. The summed E-state index contributed by atoms with van der Waals surface area (Å²) in [5.74, 6) is 0.158. The molecule has 1 aliphatic rings. The van der Waals surface area contributed by atoms with Crippen molar-refractivity contribution >= 4 is 17.9 Å². The molecule has 2 heteroatoms. The van der Waals surface area contributed by atoms with E-state index in [0.29, 0.717) is 13.1 Å². The number of ketones is 1. The van der Waals surface area contributed by atoms with E-state index in [1.165, 1.54) is 16.7 Å². The normalized spacial score (nSPS) is 17.6. The Morgan fingerprint density at radius 2 is 1.17 bits per heavy atom. The Hall–Kier alpha value is -3.23. The molecule has 1 heterocycles. The van der Waals surface area contributed by atoms with E-state index in [9.17, 15) is 4.79 Å². The maximum Gasteiger partial charge on any atom is 0.187 e. The van der Waals surface area contributed by atoms with Gasteiger partial charge in [0.15, 0.2) is 5.78 Å². The predicted octanol–water partition coefficient (Wildman–Crippen LogP) is 5.86. The molecule has 2 nitrogen and oxygen atoms in total. The van der Waals surface area contributed by atoms with Gasteiger partial charge in [-0.25, -0.2) is 0 Å². The maximum atomic E-state index is 13.4. The molecule has 0 spiro atoms. The molecule has 4 rings (SSSR count). The van der Waals surface area contributed by atoms with E-state index in [1.54, 1.807) is 0 Å². The number of Topliss-reactive ketones (excluding diaryl/α,β-unsaturated/α-hetero) is 1. The van der Waals surface area contributed by atoms with Gasteiger partial charge in [0, 0.05) is 30.8 Å². The zero-order valence-corrected chi connectivity index (χ0v) is 17.6. The minimum absolute atomic E-state index is 0.158. The van der Waals surface area contributed by atoms with E-state index in [-0.39, 0.29) is 5.78 Å². The second-order valence-electron chi connectivity index (χ2n) is 8.01. The average Bonchev–Trinajstić information content (AvgIpc) is 2.75. The van der Waals surface area contributed by atoms with E-state index in [2.05, 4.69) is 79.4 Å². The van der Waals surface area contributed by atoms with Crippen LogP contribution in [-0.2, 0) is 11.3 Å². The first-order valence-electron chi connectivity index (χ1n) is 10.4. The molecule has 1 fully saturated rings. The second-order valence-corrected chi connectivity index (χ2v) is 8.01. The van der Waals surface area contributed by atoms with Gasteiger partial charge in [0.2, 0.25) is 0 Å². The molecule has 1 saturated heterocycles. The van der Waals surface area contributed by atoms with E-state index >= 15 is 0 Å². The molecular formula is C28H27NO. The number of benzene rings is 3. The maximum absolute atomic E-state index is 13.4. The van der Waals surface area contributed by atoms with Gasteiger partial charge in [-0.05, 0) is 53.8 Å². The molecule has 0 saturated carbocycles. The molecule has 0 aliphatic carbocycles. The molecule has 0 radical (unpaired) electrons. The quantitative estimate of drug-likeness (QED) is 0.518. The Morgan fingerprint density at radius 3 is 1.67 bits per heavy atom. The summed E-state index contributed by atoms with van der Waals surface area (Å²) >= 11 is 0. The van der Waals surface area contributed by atoms with Crippen molar-refractivity contribution in [3.63, 3.8) is 0 Å². The Bertz CT molecular complexity index is 1040. The second kappa shape index (κ2) is 9.06. The number of hydrogen-bond donors (Lipinski definition) is 0. The van der Waals surface area contributed by atoms with Crippen molar-refractivity contribution in [2.24, 2.45) is 0 Å². The zero-order chi connectivity index (χ0) is 20.9. The summed E-state index contributed by atoms with van der Waals surface area (Å²) in [5, 5.41) is 0. The topological polar surface area (TPSA) is 20.3 Å². The lowest BCUT2D eigenvalue weighted by Crippen LogP contribution is -2.37. The molecule has 0 aromatic heterocycles. The largest absolute Gasteiger partial charge is 0.290 e. The minimum atomic E-state index is 0.158. The van der Waals surface area contributed by atoms with Crippen molar-refractivity contribution in [3.8, 4) is 0 Å². The molecule has 30 heavy (non-hydrogen) atoms. The fourth-order valence-electron chi connectivity index (χ4n) is 3.94. The summed E-state index contributed by atoms with van der Waals surface area (Å²) in [5.41, 5.74) is 7.55.